The van der Waals surface area contributed by atoms with Gasteiger partial charge in [0.1, 0.15) is 6.04 Å². The van der Waals surface area contributed by atoms with Gasteiger partial charge in [-0.25, -0.2) is 4.79 Å². The molecule has 1 amide bonds. The van der Waals surface area contributed by atoms with Gasteiger partial charge in [0.25, 0.3) is 0 Å². The van der Waals surface area contributed by atoms with Gasteiger partial charge in [-0.2, -0.15) is 0 Å². The number of esters is 1. The highest BCUT2D eigenvalue weighted by atomic mass is 16.5. The van der Waals surface area contributed by atoms with E-state index >= 15 is 0 Å². The number of methoxy groups -OCH3 is 1. The summed E-state index contributed by atoms with van der Waals surface area (Å²) in [5.41, 5.74) is 0. The van der Waals surface area contributed by atoms with Crippen LogP contribution in [0.25, 0.3) is 0 Å². The Balaban J connectivity index is 4.20. The van der Waals surface area contributed by atoms with E-state index in [4.69, 9.17) is 0 Å². The molecule has 0 saturated carbocycles. The lowest BCUT2D eigenvalue weighted by Gasteiger charge is -2.19. The number of hydrogen-bond donors (Lipinski definition) is 1. The summed E-state index contributed by atoms with van der Waals surface area (Å²) in [6.07, 6.45) is 1.34. The molecule has 0 heterocycles. The molecule has 0 aliphatic rings. The predicted octanol–water partition coefficient (Wildman–Crippen LogP) is 0.320. The van der Waals surface area contributed by atoms with Gasteiger partial charge in [0, 0.05) is 0 Å². The number of carbonyl (C=O) groups is 2. The second-order valence-electron chi connectivity index (χ2n) is 2.67. The molecule has 0 aliphatic carbocycles. The lowest BCUT2D eigenvalue weighted by atomic mass is 10.00. The van der Waals surface area contributed by atoms with Gasteiger partial charge in [0.2, 0.25) is 6.41 Å². The maximum Gasteiger partial charge on any atom is 0.328 e. The molecule has 0 aliphatic heterocycles. The van der Waals surface area contributed by atoms with E-state index < -0.39 is 12.0 Å². The highest BCUT2D eigenvalue weighted by molar-refractivity contribution is 5.78. The van der Waals surface area contributed by atoms with Crippen molar-refractivity contribution in [3.63, 3.8) is 0 Å². The topological polar surface area (TPSA) is 55.4 Å². The average molecular weight is 173 g/mol. The van der Waals surface area contributed by atoms with Crippen molar-refractivity contribution in [2.75, 3.05) is 7.11 Å². The van der Waals surface area contributed by atoms with Crippen molar-refractivity contribution in [3.05, 3.63) is 0 Å². The van der Waals surface area contributed by atoms with E-state index in [0.29, 0.717) is 6.41 Å². The second-order valence-corrected chi connectivity index (χ2v) is 2.67. The molecule has 0 aromatic heterocycles. The van der Waals surface area contributed by atoms with Crippen molar-refractivity contribution in [2.45, 2.75) is 26.3 Å². The van der Waals surface area contributed by atoms with Crippen LogP contribution in [0.15, 0.2) is 0 Å². The van der Waals surface area contributed by atoms with E-state index in [1.807, 2.05) is 13.8 Å². The monoisotopic (exact) mass is 173 g/mol. The van der Waals surface area contributed by atoms with Crippen molar-refractivity contribution in [2.24, 2.45) is 5.92 Å². The molecule has 0 spiro atoms. The van der Waals surface area contributed by atoms with Gasteiger partial charge in [-0.3, -0.25) is 4.79 Å². The summed E-state index contributed by atoms with van der Waals surface area (Å²) in [5, 5.41) is 2.43. The standard InChI is InChI=1S/C8H15NO3/c1-4-6(2)7(9-5-10)8(11)12-3/h5-7H,4H2,1-3H3,(H,9,10)/t6?,7-/m0/s1. The lowest BCUT2D eigenvalue weighted by molar-refractivity contribution is -0.145. The maximum absolute atomic E-state index is 11.1. The summed E-state index contributed by atoms with van der Waals surface area (Å²) in [6.45, 7) is 3.84. The number of carbonyl (C=O) groups excluding carboxylic acids is 2. The summed E-state index contributed by atoms with van der Waals surface area (Å²) in [4.78, 5) is 21.2. The Labute approximate surface area is 72.3 Å². The Kier molecular flexibility index (Phi) is 5.08. The van der Waals surface area contributed by atoms with E-state index in [0.717, 1.165) is 6.42 Å². The fourth-order valence-electron chi connectivity index (χ4n) is 0.901. The zero-order valence-corrected chi connectivity index (χ0v) is 7.66. The molecule has 12 heavy (non-hydrogen) atoms. The lowest BCUT2D eigenvalue weighted by Crippen LogP contribution is -2.41. The van der Waals surface area contributed by atoms with E-state index in [-0.39, 0.29) is 5.92 Å². The van der Waals surface area contributed by atoms with Gasteiger partial charge in [0.05, 0.1) is 7.11 Å². The fourth-order valence-corrected chi connectivity index (χ4v) is 0.901. The summed E-state index contributed by atoms with van der Waals surface area (Å²) in [7, 11) is 1.31. The van der Waals surface area contributed by atoms with Crippen LogP contribution in [0.4, 0.5) is 0 Å². The van der Waals surface area contributed by atoms with Gasteiger partial charge >= 0.3 is 5.97 Å². The SMILES string of the molecule is CCC(C)[C@H](NC=O)C(=O)OC. The highest BCUT2D eigenvalue weighted by Crippen LogP contribution is 2.08. The molecule has 0 aromatic carbocycles. The van der Waals surface area contributed by atoms with Crippen molar-refractivity contribution in [1.29, 1.82) is 0 Å². The van der Waals surface area contributed by atoms with Crippen molar-refractivity contribution >= 4 is 12.4 Å². The molecule has 70 valence electrons. The molecule has 0 aromatic rings. The minimum atomic E-state index is -0.516. The quantitative estimate of drug-likeness (QED) is 0.481. The summed E-state index contributed by atoms with van der Waals surface area (Å²) in [5.74, 6) is -0.293. The van der Waals surface area contributed by atoms with Gasteiger partial charge in [-0.15, -0.1) is 0 Å². The molecule has 0 rings (SSSR count). The third-order valence-electron chi connectivity index (χ3n) is 1.92. The van der Waals surface area contributed by atoms with Crippen LogP contribution in [-0.2, 0) is 14.3 Å². The van der Waals surface area contributed by atoms with E-state index in [9.17, 15) is 9.59 Å². The smallest absolute Gasteiger partial charge is 0.328 e. The van der Waals surface area contributed by atoms with E-state index in [2.05, 4.69) is 10.1 Å². The average Bonchev–Trinajstić information content (AvgIpc) is 2.11. The van der Waals surface area contributed by atoms with Crippen LogP contribution in [-0.4, -0.2) is 25.5 Å². The van der Waals surface area contributed by atoms with Crippen LogP contribution >= 0.6 is 0 Å². The maximum atomic E-state index is 11.1. The molecule has 4 nitrogen and oxygen atoms in total. The van der Waals surface area contributed by atoms with Gasteiger partial charge < -0.3 is 10.1 Å². The molecule has 1 N–H and O–H groups in total. The first-order valence-electron chi connectivity index (χ1n) is 3.94. The minimum Gasteiger partial charge on any atom is -0.467 e. The summed E-state index contributed by atoms with van der Waals surface area (Å²) in [6, 6.07) is -0.516. The van der Waals surface area contributed by atoms with Crippen LogP contribution in [0.5, 0.6) is 0 Å². The Bertz CT molecular complexity index is 158. The number of amides is 1. The Morgan fingerprint density at radius 2 is 2.25 bits per heavy atom. The summed E-state index contributed by atoms with van der Waals surface area (Å²) < 4.78 is 4.53. The largest absolute Gasteiger partial charge is 0.467 e. The molecule has 0 bridgehead atoms. The fraction of sp³-hybridized carbons (Fsp3) is 0.750. The van der Waals surface area contributed by atoms with Crippen LogP contribution < -0.4 is 5.32 Å². The summed E-state index contributed by atoms with van der Waals surface area (Å²) >= 11 is 0. The first-order chi connectivity index (χ1) is 5.67. The van der Waals surface area contributed by atoms with Crippen LogP contribution in [0.1, 0.15) is 20.3 Å². The first kappa shape index (κ1) is 10.9. The molecular formula is C8H15NO3. The minimum absolute atomic E-state index is 0.0997. The van der Waals surface area contributed by atoms with Gasteiger partial charge in [-0.05, 0) is 5.92 Å². The predicted molar refractivity (Wildman–Crippen MR) is 44.5 cm³/mol. The Morgan fingerprint density at radius 1 is 1.67 bits per heavy atom. The van der Waals surface area contributed by atoms with E-state index in [1.165, 1.54) is 7.11 Å². The molecule has 0 saturated heterocycles. The Morgan fingerprint density at radius 3 is 2.58 bits per heavy atom. The van der Waals surface area contributed by atoms with E-state index in [1.54, 1.807) is 0 Å². The zero-order chi connectivity index (χ0) is 9.56. The van der Waals surface area contributed by atoms with Gasteiger partial charge in [-0.1, -0.05) is 20.3 Å². The molecule has 0 radical (unpaired) electrons. The second kappa shape index (κ2) is 5.57. The van der Waals surface area contributed by atoms with Crippen LogP contribution in [0.2, 0.25) is 0 Å². The first-order valence-corrected chi connectivity index (χ1v) is 3.94. The van der Waals surface area contributed by atoms with Crippen LogP contribution in [0, 0.1) is 5.92 Å². The third-order valence-corrected chi connectivity index (χ3v) is 1.92. The molecule has 0 fully saturated rings. The van der Waals surface area contributed by atoms with Crippen molar-refractivity contribution < 1.29 is 14.3 Å². The number of hydrogen-bond acceptors (Lipinski definition) is 3. The van der Waals surface area contributed by atoms with Crippen molar-refractivity contribution in [1.82, 2.24) is 5.32 Å². The van der Waals surface area contributed by atoms with Crippen LogP contribution in [0.3, 0.4) is 0 Å². The Hall–Kier alpha value is -1.06. The third kappa shape index (κ3) is 2.90. The van der Waals surface area contributed by atoms with Crippen molar-refractivity contribution in [3.8, 4) is 0 Å². The number of ether oxygens (including phenoxy) is 1. The molecule has 1 unspecified atom stereocenters. The zero-order valence-electron chi connectivity index (χ0n) is 7.66. The number of nitrogens with one attached hydrogen (secondary N) is 1. The number of rotatable bonds is 5. The molecule has 4 heteroatoms. The van der Waals surface area contributed by atoms with Gasteiger partial charge in [0.15, 0.2) is 0 Å². The molecule has 2 atom stereocenters. The highest BCUT2D eigenvalue weighted by Gasteiger charge is 2.23. The molecular weight excluding hydrogens is 158 g/mol. The normalized spacial score (nSPS) is 14.6.